The Morgan fingerprint density at radius 3 is 2.90 bits per heavy atom. The molecule has 0 saturated heterocycles. The van der Waals surface area contributed by atoms with Gasteiger partial charge in [0.1, 0.15) is 17.8 Å². The normalized spacial score (nSPS) is 18.7. The quantitative estimate of drug-likeness (QED) is 0.636. The second-order valence-corrected chi connectivity index (χ2v) is 6.67. The summed E-state index contributed by atoms with van der Waals surface area (Å²) in [5, 5.41) is 22.2. The Labute approximate surface area is 164 Å². The largest absolute Gasteiger partial charge is 0.341 e. The predicted octanol–water partition coefficient (Wildman–Crippen LogP) is 3.05. The van der Waals surface area contributed by atoms with E-state index in [1.807, 2.05) is 0 Å². The highest BCUT2D eigenvalue weighted by molar-refractivity contribution is 6.13. The molecule has 0 bridgehead atoms. The number of aromatic nitrogens is 2. The molecule has 2 atom stereocenters. The first-order valence-corrected chi connectivity index (χ1v) is 8.75. The summed E-state index contributed by atoms with van der Waals surface area (Å²) in [6.45, 7) is 1.59. The molecule has 0 radical (unpaired) electrons. The van der Waals surface area contributed by atoms with Crippen molar-refractivity contribution in [1.82, 2.24) is 15.5 Å². The standard InChI is InChI=1S/C20H15FN6O2/c1-10-17(19(28)25-14-3-5-16-13(7-14)9-23-27-16)18(26-20(29)24-10)11-2-4-15(21)12(6-11)8-22/h2-7,9,17-18H,1H3,(H,23,27)(H,25,28)(H,26,29). The lowest BCUT2D eigenvalue weighted by Gasteiger charge is -2.30. The van der Waals surface area contributed by atoms with Crippen molar-refractivity contribution in [3.8, 4) is 6.07 Å². The van der Waals surface area contributed by atoms with Gasteiger partial charge in [0.25, 0.3) is 0 Å². The van der Waals surface area contributed by atoms with Crippen molar-refractivity contribution < 1.29 is 14.0 Å². The SMILES string of the molecule is CC1=NC(=O)NC(c2ccc(F)c(C#N)c2)C1C(=O)Nc1ccc2[nH]ncc2c1. The van der Waals surface area contributed by atoms with Gasteiger partial charge in [-0.2, -0.15) is 10.4 Å². The van der Waals surface area contributed by atoms with Gasteiger partial charge in [-0.25, -0.2) is 14.2 Å². The molecule has 1 aliphatic heterocycles. The summed E-state index contributed by atoms with van der Waals surface area (Å²) in [5.74, 6) is -1.88. The van der Waals surface area contributed by atoms with Crippen LogP contribution in [0.25, 0.3) is 10.9 Å². The monoisotopic (exact) mass is 390 g/mol. The van der Waals surface area contributed by atoms with Crippen LogP contribution in [0.2, 0.25) is 0 Å². The molecular weight excluding hydrogens is 375 g/mol. The molecule has 2 heterocycles. The summed E-state index contributed by atoms with van der Waals surface area (Å²) in [4.78, 5) is 28.9. The average Bonchev–Trinajstić information content (AvgIpc) is 3.15. The minimum atomic E-state index is -0.829. The Balaban J connectivity index is 1.67. The molecular formula is C20H15FN6O2. The highest BCUT2D eigenvalue weighted by Crippen LogP contribution is 2.29. The first kappa shape index (κ1) is 18.3. The number of halogens is 1. The van der Waals surface area contributed by atoms with E-state index in [0.717, 1.165) is 17.0 Å². The van der Waals surface area contributed by atoms with Crippen LogP contribution in [0.5, 0.6) is 0 Å². The molecule has 9 heteroatoms. The fourth-order valence-electron chi connectivity index (χ4n) is 3.40. The number of nitrogens with one attached hydrogen (secondary N) is 3. The number of H-pyrrole nitrogens is 1. The molecule has 0 aliphatic carbocycles. The van der Waals surface area contributed by atoms with Crippen LogP contribution in [0.4, 0.5) is 14.9 Å². The number of carbonyl (C=O) groups excluding carboxylic acids is 2. The predicted molar refractivity (Wildman–Crippen MR) is 104 cm³/mol. The van der Waals surface area contributed by atoms with Crippen LogP contribution in [0.3, 0.4) is 0 Å². The summed E-state index contributed by atoms with van der Waals surface area (Å²) in [6.07, 6.45) is 1.64. The molecule has 1 aliphatic rings. The zero-order valence-corrected chi connectivity index (χ0v) is 15.2. The molecule has 0 saturated carbocycles. The van der Waals surface area contributed by atoms with Crippen molar-refractivity contribution in [3.05, 3.63) is 59.5 Å². The van der Waals surface area contributed by atoms with Crippen molar-refractivity contribution in [2.24, 2.45) is 10.9 Å². The number of aliphatic imine (C=N–C) groups is 1. The number of hydrogen-bond acceptors (Lipinski definition) is 4. The molecule has 0 fully saturated rings. The van der Waals surface area contributed by atoms with Crippen molar-refractivity contribution in [2.45, 2.75) is 13.0 Å². The fraction of sp³-hybridized carbons (Fsp3) is 0.150. The van der Waals surface area contributed by atoms with Gasteiger partial charge < -0.3 is 10.6 Å². The highest BCUT2D eigenvalue weighted by Gasteiger charge is 2.37. The fourth-order valence-corrected chi connectivity index (χ4v) is 3.40. The molecule has 29 heavy (non-hydrogen) atoms. The van der Waals surface area contributed by atoms with Crippen LogP contribution in [-0.2, 0) is 4.79 Å². The van der Waals surface area contributed by atoms with Crippen molar-refractivity contribution >= 4 is 34.2 Å². The maximum absolute atomic E-state index is 13.7. The van der Waals surface area contributed by atoms with Gasteiger partial charge in [-0.1, -0.05) is 6.07 Å². The Morgan fingerprint density at radius 1 is 1.28 bits per heavy atom. The summed E-state index contributed by atoms with van der Waals surface area (Å²) in [6, 6.07) is 9.59. The Kier molecular flexibility index (Phi) is 4.52. The molecule has 4 rings (SSSR count). The smallest absolute Gasteiger partial charge is 0.328 e. The molecule has 1 aromatic heterocycles. The second kappa shape index (κ2) is 7.16. The number of fused-ring (bicyclic) bond motifs is 1. The van der Waals surface area contributed by atoms with E-state index in [1.54, 1.807) is 37.4 Å². The Morgan fingerprint density at radius 2 is 2.10 bits per heavy atom. The van der Waals surface area contributed by atoms with Crippen LogP contribution >= 0.6 is 0 Å². The number of rotatable bonds is 3. The van der Waals surface area contributed by atoms with E-state index in [-0.39, 0.29) is 11.5 Å². The molecule has 8 nitrogen and oxygen atoms in total. The number of amides is 3. The van der Waals surface area contributed by atoms with E-state index in [2.05, 4.69) is 25.8 Å². The van der Waals surface area contributed by atoms with Crippen LogP contribution < -0.4 is 10.6 Å². The number of carbonyl (C=O) groups is 2. The minimum Gasteiger partial charge on any atom is -0.328 e. The number of nitriles is 1. The van der Waals surface area contributed by atoms with Gasteiger partial charge in [0.2, 0.25) is 5.91 Å². The lowest BCUT2D eigenvalue weighted by atomic mass is 9.87. The van der Waals surface area contributed by atoms with E-state index in [0.29, 0.717) is 17.0 Å². The lowest BCUT2D eigenvalue weighted by molar-refractivity contribution is -0.118. The zero-order valence-electron chi connectivity index (χ0n) is 15.2. The Hall–Kier alpha value is -4.06. The number of anilines is 1. The van der Waals surface area contributed by atoms with E-state index >= 15 is 0 Å². The van der Waals surface area contributed by atoms with Gasteiger partial charge in [0.05, 0.1) is 23.3 Å². The maximum atomic E-state index is 13.7. The first-order valence-electron chi connectivity index (χ1n) is 8.75. The third-order valence-corrected chi connectivity index (χ3v) is 4.80. The van der Waals surface area contributed by atoms with Gasteiger partial charge in [0.15, 0.2) is 0 Å². The van der Waals surface area contributed by atoms with E-state index in [9.17, 15) is 14.0 Å². The highest BCUT2D eigenvalue weighted by atomic mass is 19.1. The summed E-state index contributed by atoms with van der Waals surface area (Å²) < 4.78 is 13.7. The molecule has 2 aromatic carbocycles. The van der Waals surface area contributed by atoms with Gasteiger partial charge in [-0.05, 0) is 42.8 Å². The van der Waals surface area contributed by atoms with Crippen molar-refractivity contribution in [2.75, 3.05) is 5.32 Å². The van der Waals surface area contributed by atoms with E-state index < -0.39 is 23.8 Å². The number of benzene rings is 2. The number of urea groups is 1. The lowest BCUT2D eigenvalue weighted by Crippen LogP contribution is -2.45. The maximum Gasteiger partial charge on any atom is 0.341 e. The first-order chi connectivity index (χ1) is 14.0. The number of aromatic amines is 1. The van der Waals surface area contributed by atoms with Crippen LogP contribution in [0.15, 0.2) is 47.6 Å². The third-order valence-electron chi connectivity index (χ3n) is 4.80. The number of nitrogens with zero attached hydrogens (tertiary/aromatic N) is 3. The summed E-state index contributed by atoms with van der Waals surface area (Å²) >= 11 is 0. The number of hydrogen-bond donors (Lipinski definition) is 3. The van der Waals surface area contributed by atoms with Crippen molar-refractivity contribution in [3.63, 3.8) is 0 Å². The van der Waals surface area contributed by atoms with Gasteiger partial charge in [0, 0.05) is 16.8 Å². The zero-order chi connectivity index (χ0) is 20.5. The van der Waals surface area contributed by atoms with Crippen molar-refractivity contribution in [1.29, 1.82) is 5.26 Å². The minimum absolute atomic E-state index is 0.165. The third kappa shape index (κ3) is 3.43. The second-order valence-electron chi connectivity index (χ2n) is 6.67. The van der Waals surface area contributed by atoms with Gasteiger partial charge in [-0.15, -0.1) is 0 Å². The average molecular weight is 390 g/mol. The summed E-state index contributed by atoms with van der Waals surface area (Å²) in [5.41, 5.74) is 1.99. The van der Waals surface area contributed by atoms with Crippen LogP contribution in [0.1, 0.15) is 24.1 Å². The topological polar surface area (TPSA) is 123 Å². The van der Waals surface area contributed by atoms with E-state index in [1.165, 1.54) is 12.1 Å². The Bertz CT molecular complexity index is 1210. The molecule has 3 N–H and O–H groups in total. The van der Waals surface area contributed by atoms with E-state index in [4.69, 9.17) is 5.26 Å². The van der Waals surface area contributed by atoms with Crippen LogP contribution in [0, 0.1) is 23.1 Å². The molecule has 2 unspecified atom stereocenters. The molecule has 3 amide bonds. The molecule has 3 aromatic rings. The molecule has 0 spiro atoms. The van der Waals surface area contributed by atoms with Gasteiger partial charge in [-0.3, -0.25) is 9.89 Å². The molecule has 144 valence electrons. The summed E-state index contributed by atoms with van der Waals surface area (Å²) in [7, 11) is 0. The van der Waals surface area contributed by atoms with Gasteiger partial charge >= 0.3 is 6.03 Å². The van der Waals surface area contributed by atoms with Crippen LogP contribution in [-0.4, -0.2) is 27.8 Å².